The van der Waals surface area contributed by atoms with E-state index in [2.05, 4.69) is 11.4 Å². The molecule has 1 heterocycles. The van der Waals surface area contributed by atoms with E-state index in [1.54, 1.807) is 29.2 Å². The van der Waals surface area contributed by atoms with Crippen LogP contribution in [0.15, 0.2) is 59.8 Å². The molecule has 29 heavy (non-hydrogen) atoms. The van der Waals surface area contributed by atoms with Crippen molar-refractivity contribution < 1.29 is 19.5 Å². The highest BCUT2D eigenvalue weighted by Crippen LogP contribution is 2.27. The van der Waals surface area contributed by atoms with Crippen molar-refractivity contribution in [2.75, 3.05) is 18.4 Å². The number of hydrogen-bond acceptors (Lipinski definition) is 3. The van der Waals surface area contributed by atoms with Crippen molar-refractivity contribution in [3.63, 3.8) is 0 Å². The number of rotatable bonds is 6. The summed E-state index contributed by atoms with van der Waals surface area (Å²) in [7, 11) is 0. The zero-order valence-electron chi connectivity index (χ0n) is 16.6. The van der Waals surface area contributed by atoms with Gasteiger partial charge in [0.1, 0.15) is 0 Å². The summed E-state index contributed by atoms with van der Waals surface area (Å²) >= 11 is 0. The molecule has 2 aliphatic rings. The number of aliphatic carboxylic acids is 1. The number of amides is 3. The van der Waals surface area contributed by atoms with Gasteiger partial charge in [0, 0.05) is 30.0 Å². The van der Waals surface area contributed by atoms with Crippen LogP contribution in [0.1, 0.15) is 37.0 Å². The van der Waals surface area contributed by atoms with Gasteiger partial charge in [-0.15, -0.1) is 0 Å². The third-order valence-corrected chi connectivity index (χ3v) is 4.93. The highest BCUT2D eigenvalue weighted by atomic mass is 16.4. The number of carbonyl (C=O) groups is 3. The quantitative estimate of drug-likeness (QED) is 0.770. The number of carboxylic acids is 1. The number of benzene rings is 1. The molecule has 0 spiro atoms. The molecule has 0 aromatic heterocycles. The minimum absolute atomic E-state index is 0.102. The van der Waals surface area contributed by atoms with Gasteiger partial charge in [0.25, 0.3) is 5.91 Å². The minimum Gasteiger partial charge on any atom is -0.481 e. The van der Waals surface area contributed by atoms with Gasteiger partial charge in [-0.05, 0) is 55.7 Å². The molecule has 0 saturated carbocycles. The molecule has 7 heteroatoms. The number of hydrogen-bond donors (Lipinski definition) is 2. The number of carbonyl (C=O) groups excluding carboxylic acids is 2. The Kier molecular flexibility index (Phi) is 6.16. The Morgan fingerprint density at radius 3 is 2.52 bits per heavy atom. The molecule has 3 rings (SSSR count). The summed E-state index contributed by atoms with van der Waals surface area (Å²) in [6, 6.07) is 6.30. The molecule has 1 aliphatic heterocycles. The number of urea groups is 1. The molecule has 0 unspecified atom stereocenters. The highest BCUT2D eigenvalue weighted by Gasteiger charge is 2.23. The normalized spacial score (nSPS) is 14.9. The second-order valence-corrected chi connectivity index (χ2v) is 7.35. The summed E-state index contributed by atoms with van der Waals surface area (Å²) in [5, 5.41) is 11.7. The molecule has 0 radical (unpaired) electrons. The first-order valence-corrected chi connectivity index (χ1v) is 9.62. The molecule has 1 aromatic rings. The predicted molar refractivity (Wildman–Crippen MR) is 111 cm³/mol. The van der Waals surface area contributed by atoms with Crippen molar-refractivity contribution in [2.24, 2.45) is 0 Å². The summed E-state index contributed by atoms with van der Waals surface area (Å²) in [4.78, 5) is 39.2. The van der Waals surface area contributed by atoms with Crippen LogP contribution >= 0.6 is 0 Å². The monoisotopic (exact) mass is 395 g/mol. The van der Waals surface area contributed by atoms with Crippen LogP contribution in [0.25, 0.3) is 0 Å². The van der Waals surface area contributed by atoms with E-state index in [9.17, 15) is 14.4 Å². The largest absolute Gasteiger partial charge is 0.481 e. The Balaban J connectivity index is 1.62. The van der Waals surface area contributed by atoms with Gasteiger partial charge in [-0.3, -0.25) is 14.5 Å². The van der Waals surface area contributed by atoms with Gasteiger partial charge in [-0.25, -0.2) is 4.79 Å². The standard InChI is InChI=1S/C22H25N3O4/c1-15(2)25(12-11-20(26)27)21(28)16-7-9-19(10-8-16)23-22(29)24-13-17-5-3-4-6-18(17)14-24/h3-5,7-10,14-15H,6,11-13H2,1-2H3,(H,23,29)(H,26,27). The lowest BCUT2D eigenvalue weighted by Crippen LogP contribution is -2.38. The molecule has 0 fully saturated rings. The number of nitrogens with zero attached hydrogens (tertiary/aromatic N) is 2. The lowest BCUT2D eigenvalue weighted by molar-refractivity contribution is -0.137. The number of carboxylic acid groups (broad SMARTS) is 1. The molecular formula is C22H25N3O4. The fourth-order valence-electron chi connectivity index (χ4n) is 3.32. The number of nitrogens with one attached hydrogen (secondary N) is 1. The highest BCUT2D eigenvalue weighted by molar-refractivity contribution is 5.96. The van der Waals surface area contributed by atoms with Gasteiger partial charge in [0.2, 0.25) is 0 Å². The Morgan fingerprint density at radius 2 is 1.90 bits per heavy atom. The molecular weight excluding hydrogens is 370 g/mol. The third kappa shape index (κ3) is 4.93. The SMILES string of the molecule is CC(C)N(CCC(=O)O)C(=O)c1ccc(NC(=O)N2C=C3CC=CC=C3C2)cc1. The Hall–Kier alpha value is -3.35. The number of allylic oxidation sites excluding steroid dienone is 3. The van der Waals surface area contributed by atoms with Gasteiger partial charge in [-0.2, -0.15) is 0 Å². The summed E-state index contributed by atoms with van der Waals surface area (Å²) in [6.07, 6.45) is 8.68. The van der Waals surface area contributed by atoms with Crippen LogP contribution < -0.4 is 5.32 Å². The molecule has 0 bridgehead atoms. The van der Waals surface area contributed by atoms with Gasteiger partial charge in [0.15, 0.2) is 0 Å². The van der Waals surface area contributed by atoms with Gasteiger partial charge in [-0.1, -0.05) is 18.2 Å². The second kappa shape index (κ2) is 8.77. The molecule has 152 valence electrons. The van der Waals surface area contributed by atoms with Crippen LogP contribution in [0.5, 0.6) is 0 Å². The predicted octanol–water partition coefficient (Wildman–Crippen LogP) is 3.63. The number of anilines is 1. The average molecular weight is 395 g/mol. The smallest absolute Gasteiger partial charge is 0.326 e. The maximum absolute atomic E-state index is 12.7. The summed E-state index contributed by atoms with van der Waals surface area (Å²) < 4.78 is 0. The zero-order chi connectivity index (χ0) is 21.0. The van der Waals surface area contributed by atoms with Crippen LogP contribution in [-0.4, -0.2) is 51.9 Å². The Morgan fingerprint density at radius 1 is 1.17 bits per heavy atom. The fraction of sp³-hybridized carbons (Fsp3) is 0.318. The van der Waals surface area contributed by atoms with Crippen LogP contribution in [0, 0.1) is 0 Å². The second-order valence-electron chi connectivity index (χ2n) is 7.35. The van der Waals surface area contributed by atoms with Gasteiger partial charge < -0.3 is 15.3 Å². The maximum atomic E-state index is 12.7. The first-order chi connectivity index (χ1) is 13.8. The molecule has 7 nitrogen and oxygen atoms in total. The Bertz CT molecular complexity index is 897. The van der Waals surface area contributed by atoms with Crippen LogP contribution in [-0.2, 0) is 4.79 Å². The molecule has 0 atom stereocenters. The fourth-order valence-corrected chi connectivity index (χ4v) is 3.32. The van der Waals surface area contributed by atoms with E-state index in [0.29, 0.717) is 17.8 Å². The first-order valence-electron chi connectivity index (χ1n) is 9.62. The molecule has 0 saturated heterocycles. The number of fused-ring (bicyclic) bond motifs is 1. The van der Waals surface area contributed by atoms with E-state index < -0.39 is 5.97 Å². The van der Waals surface area contributed by atoms with Crippen molar-refractivity contribution in [2.45, 2.75) is 32.7 Å². The van der Waals surface area contributed by atoms with Crippen molar-refractivity contribution in [3.05, 3.63) is 65.4 Å². The Labute approximate surface area is 170 Å². The lowest BCUT2D eigenvalue weighted by Gasteiger charge is -2.26. The van der Waals surface area contributed by atoms with Crippen molar-refractivity contribution in [1.82, 2.24) is 9.80 Å². The zero-order valence-corrected chi connectivity index (χ0v) is 16.6. The summed E-state index contributed by atoms with van der Waals surface area (Å²) in [6.45, 7) is 4.40. The van der Waals surface area contributed by atoms with E-state index in [0.717, 1.165) is 17.6 Å². The average Bonchev–Trinajstić information content (AvgIpc) is 3.12. The molecule has 1 aromatic carbocycles. The van der Waals surface area contributed by atoms with E-state index >= 15 is 0 Å². The summed E-state index contributed by atoms with van der Waals surface area (Å²) in [5.41, 5.74) is 3.35. The van der Waals surface area contributed by atoms with E-state index in [1.165, 1.54) is 4.90 Å². The molecule has 3 amide bonds. The van der Waals surface area contributed by atoms with Crippen molar-refractivity contribution in [1.29, 1.82) is 0 Å². The van der Waals surface area contributed by atoms with Gasteiger partial charge >= 0.3 is 12.0 Å². The van der Waals surface area contributed by atoms with E-state index in [4.69, 9.17) is 5.11 Å². The van der Waals surface area contributed by atoms with Crippen molar-refractivity contribution >= 4 is 23.6 Å². The van der Waals surface area contributed by atoms with Crippen molar-refractivity contribution in [3.8, 4) is 0 Å². The third-order valence-electron chi connectivity index (χ3n) is 4.93. The lowest BCUT2D eigenvalue weighted by atomic mass is 10.0. The van der Waals surface area contributed by atoms with E-state index in [-0.39, 0.29) is 30.9 Å². The molecule has 2 N–H and O–H groups in total. The summed E-state index contributed by atoms with van der Waals surface area (Å²) in [5.74, 6) is -1.17. The maximum Gasteiger partial charge on any atom is 0.326 e. The van der Waals surface area contributed by atoms with Crippen LogP contribution in [0.3, 0.4) is 0 Å². The molecule has 1 aliphatic carbocycles. The topological polar surface area (TPSA) is 90.0 Å². The van der Waals surface area contributed by atoms with Crippen LogP contribution in [0.4, 0.5) is 10.5 Å². The first kappa shape index (κ1) is 20.4. The van der Waals surface area contributed by atoms with E-state index in [1.807, 2.05) is 32.2 Å². The minimum atomic E-state index is -0.940. The van der Waals surface area contributed by atoms with Crippen LogP contribution in [0.2, 0.25) is 0 Å². The van der Waals surface area contributed by atoms with Gasteiger partial charge in [0.05, 0.1) is 13.0 Å².